The van der Waals surface area contributed by atoms with Gasteiger partial charge in [0.2, 0.25) is 5.91 Å². The van der Waals surface area contributed by atoms with Gasteiger partial charge in [-0.2, -0.15) is 0 Å². The van der Waals surface area contributed by atoms with Gasteiger partial charge in [0.15, 0.2) is 5.13 Å². The van der Waals surface area contributed by atoms with Crippen LogP contribution < -0.4 is 11.1 Å². The zero-order valence-corrected chi connectivity index (χ0v) is 11.2. The number of aromatic nitrogens is 1. The Hall–Kier alpha value is -1.62. The van der Waals surface area contributed by atoms with Gasteiger partial charge in [0, 0.05) is 11.6 Å². The van der Waals surface area contributed by atoms with Gasteiger partial charge < -0.3 is 11.1 Å². The van der Waals surface area contributed by atoms with Crippen molar-refractivity contribution in [2.75, 3.05) is 11.1 Å². The second-order valence-corrected chi connectivity index (χ2v) is 6.69. The van der Waals surface area contributed by atoms with E-state index in [1.807, 2.05) is 18.2 Å². The van der Waals surface area contributed by atoms with Crippen molar-refractivity contribution in [2.24, 2.45) is 17.8 Å². The zero-order valence-electron chi connectivity index (χ0n) is 10.4. The Morgan fingerprint density at radius 1 is 1.32 bits per heavy atom. The molecule has 0 saturated heterocycles. The number of nitrogens with zero attached hydrogens (tertiary/aromatic N) is 1. The van der Waals surface area contributed by atoms with Crippen molar-refractivity contribution in [3.05, 3.63) is 18.2 Å². The Morgan fingerprint density at radius 3 is 2.89 bits per heavy atom. The number of fused-ring (bicyclic) bond motifs is 2. The van der Waals surface area contributed by atoms with E-state index in [1.54, 1.807) is 0 Å². The molecular weight excluding hydrogens is 258 g/mol. The van der Waals surface area contributed by atoms with E-state index in [9.17, 15) is 4.79 Å². The molecule has 0 bridgehead atoms. The highest BCUT2D eigenvalue weighted by atomic mass is 32.1. The number of thiazole rings is 1. The Bertz CT molecular complexity index is 656. The summed E-state index contributed by atoms with van der Waals surface area (Å²) in [7, 11) is 0. The predicted octanol–water partition coefficient (Wildman–Crippen LogP) is 2.86. The summed E-state index contributed by atoms with van der Waals surface area (Å²) in [6.07, 6.45) is 3.47. The Kier molecular flexibility index (Phi) is 2.33. The Balaban J connectivity index is 1.52. The quantitative estimate of drug-likeness (QED) is 0.827. The van der Waals surface area contributed by atoms with Gasteiger partial charge in [-0.05, 0) is 49.3 Å². The van der Waals surface area contributed by atoms with E-state index >= 15 is 0 Å². The molecule has 98 valence electrons. The first-order chi connectivity index (χ1) is 9.19. The van der Waals surface area contributed by atoms with Crippen molar-refractivity contribution < 1.29 is 4.79 Å². The standard InChI is InChI=1S/C14H15N3OS/c15-10-1-2-11-12(6-10)19-14(16-11)17-13(18)9-4-7-3-8(7)5-9/h1-2,6-9H,3-5,15H2,(H,16,17,18). The highest BCUT2D eigenvalue weighted by Gasteiger charge is 2.48. The monoisotopic (exact) mass is 273 g/mol. The number of carbonyl (C=O) groups excluding carboxylic acids is 1. The van der Waals surface area contributed by atoms with Gasteiger partial charge >= 0.3 is 0 Å². The van der Waals surface area contributed by atoms with Gasteiger partial charge in [0.25, 0.3) is 0 Å². The number of nitrogen functional groups attached to an aromatic ring is 1. The maximum atomic E-state index is 12.2. The van der Waals surface area contributed by atoms with Gasteiger partial charge in [0.05, 0.1) is 10.2 Å². The minimum absolute atomic E-state index is 0.138. The number of benzene rings is 1. The van der Waals surface area contributed by atoms with Gasteiger partial charge in [-0.15, -0.1) is 0 Å². The molecule has 0 spiro atoms. The van der Waals surface area contributed by atoms with Crippen LogP contribution in [0.15, 0.2) is 18.2 Å². The zero-order chi connectivity index (χ0) is 13.0. The van der Waals surface area contributed by atoms with Crippen LogP contribution in [0.5, 0.6) is 0 Å². The minimum atomic E-state index is 0.138. The molecule has 4 nitrogen and oxygen atoms in total. The molecule has 0 radical (unpaired) electrons. The third-order valence-corrected chi connectivity index (χ3v) is 5.19. The number of amides is 1. The molecule has 2 unspecified atom stereocenters. The second-order valence-electron chi connectivity index (χ2n) is 5.66. The molecule has 0 aliphatic heterocycles. The number of nitrogens with one attached hydrogen (secondary N) is 1. The van der Waals surface area contributed by atoms with Crippen LogP contribution >= 0.6 is 11.3 Å². The van der Waals surface area contributed by atoms with Crippen molar-refractivity contribution >= 4 is 38.3 Å². The first-order valence-electron chi connectivity index (χ1n) is 6.66. The largest absolute Gasteiger partial charge is 0.399 e. The minimum Gasteiger partial charge on any atom is -0.399 e. The SMILES string of the molecule is Nc1ccc2nc(NC(=O)C3CC4CC4C3)sc2c1. The molecule has 1 aromatic carbocycles. The summed E-state index contributed by atoms with van der Waals surface area (Å²) in [5, 5.41) is 3.65. The molecular formula is C14H15N3OS. The van der Waals surface area contributed by atoms with Crippen LogP contribution in [0.4, 0.5) is 10.8 Å². The van der Waals surface area contributed by atoms with Gasteiger partial charge in [0.1, 0.15) is 0 Å². The van der Waals surface area contributed by atoms with E-state index in [0.717, 1.165) is 40.6 Å². The van der Waals surface area contributed by atoms with Crippen LogP contribution in [-0.4, -0.2) is 10.9 Å². The molecule has 2 fully saturated rings. The first-order valence-corrected chi connectivity index (χ1v) is 7.47. The molecule has 3 N–H and O–H groups in total. The maximum Gasteiger partial charge on any atom is 0.229 e. The van der Waals surface area contributed by atoms with Gasteiger partial charge in [-0.1, -0.05) is 11.3 Å². The Morgan fingerprint density at radius 2 is 2.11 bits per heavy atom. The molecule has 2 atom stereocenters. The van der Waals surface area contributed by atoms with Gasteiger partial charge in [-0.25, -0.2) is 4.98 Å². The molecule has 2 aliphatic carbocycles. The highest BCUT2D eigenvalue weighted by Crippen LogP contribution is 2.54. The lowest BCUT2D eigenvalue weighted by atomic mass is 10.0. The fourth-order valence-corrected chi connectivity index (χ4v) is 4.05. The number of nitrogens with two attached hydrogens (primary N) is 1. The normalized spacial score (nSPS) is 28.3. The molecule has 1 amide bonds. The van der Waals surface area contributed by atoms with Crippen LogP contribution in [0, 0.1) is 17.8 Å². The van der Waals surface area contributed by atoms with E-state index in [1.165, 1.54) is 17.8 Å². The molecule has 1 heterocycles. The van der Waals surface area contributed by atoms with Crippen LogP contribution in [0.3, 0.4) is 0 Å². The van der Waals surface area contributed by atoms with Crippen molar-refractivity contribution in [3.63, 3.8) is 0 Å². The van der Waals surface area contributed by atoms with Crippen LogP contribution in [-0.2, 0) is 4.79 Å². The topological polar surface area (TPSA) is 68.0 Å². The molecule has 5 heteroatoms. The van der Waals surface area contributed by atoms with Crippen molar-refractivity contribution in [1.29, 1.82) is 0 Å². The summed E-state index contributed by atoms with van der Waals surface area (Å²) in [5.74, 6) is 1.98. The van der Waals surface area contributed by atoms with E-state index in [2.05, 4.69) is 10.3 Å². The summed E-state index contributed by atoms with van der Waals surface area (Å²) < 4.78 is 1.02. The first kappa shape index (κ1) is 11.2. The highest BCUT2D eigenvalue weighted by molar-refractivity contribution is 7.22. The number of rotatable bonds is 2. The van der Waals surface area contributed by atoms with E-state index in [4.69, 9.17) is 5.73 Å². The molecule has 1 aromatic heterocycles. The number of anilines is 2. The van der Waals surface area contributed by atoms with Crippen molar-refractivity contribution in [2.45, 2.75) is 19.3 Å². The third kappa shape index (κ3) is 1.98. The summed E-state index contributed by atoms with van der Waals surface area (Å²) in [6.45, 7) is 0. The number of hydrogen-bond acceptors (Lipinski definition) is 4. The van der Waals surface area contributed by atoms with Crippen LogP contribution in [0.1, 0.15) is 19.3 Å². The summed E-state index contributed by atoms with van der Waals surface area (Å²) in [5.41, 5.74) is 7.36. The summed E-state index contributed by atoms with van der Waals surface area (Å²) in [4.78, 5) is 16.6. The molecule has 19 heavy (non-hydrogen) atoms. The third-order valence-electron chi connectivity index (χ3n) is 4.26. The lowest BCUT2D eigenvalue weighted by molar-refractivity contribution is -0.120. The molecule has 2 aromatic rings. The van der Waals surface area contributed by atoms with Crippen LogP contribution in [0.2, 0.25) is 0 Å². The van der Waals surface area contributed by atoms with Gasteiger partial charge in [-0.3, -0.25) is 4.79 Å². The molecule has 2 saturated carbocycles. The Labute approximate surface area is 115 Å². The van der Waals surface area contributed by atoms with E-state index < -0.39 is 0 Å². The fraction of sp³-hybridized carbons (Fsp3) is 0.429. The lowest BCUT2D eigenvalue weighted by Crippen LogP contribution is -2.21. The summed E-state index contributed by atoms with van der Waals surface area (Å²) >= 11 is 1.49. The van der Waals surface area contributed by atoms with Crippen molar-refractivity contribution in [3.8, 4) is 0 Å². The maximum absolute atomic E-state index is 12.2. The average molecular weight is 273 g/mol. The molecule has 4 rings (SSSR count). The van der Waals surface area contributed by atoms with E-state index in [-0.39, 0.29) is 11.8 Å². The van der Waals surface area contributed by atoms with Crippen molar-refractivity contribution in [1.82, 2.24) is 4.98 Å². The average Bonchev–Trinajstić information content (AvgIpc) is 2.83. The lowest BCUT2D eigenvalue weighted by Gasteiger charge is -2.09. The smallest absolute Gasteiger partial charge is 0.229 e. The predicted molar refractivity (Wildman–Crippen MR) is 77.0 cm³/mol. The van der Waals surface area contributed by atoms with Crippen LogP contribution in [0.25, 0.3) is 10.2 Å². The second kappa shape index (κ2) is 3.93. The fourth-order valence-electron chi connectivity index (χ4n) is 3.13. The number of carbonyl (C=O) groups is 1. The number of hydrogen-bond donors (Lipinski definition) is 2. The van der Waals surface area contributed by atoms with E-state index in [0.29, 0.717) is 5.13 Å². The molecule has 2 aliphatic rings. The summed E-state index contributed by atoms with van der Waals surface area (Å²) in [6, 6.07) is 5.62.